The Bertz CT molecular complexity index is 1970. The summed E-state index contributed by atoms with van der Waals surface area (Å²) < 4.78 is 42.6. The molecular weight excluding hydrogens is 646 g/mol. The fourth-order valence-electron chi connectivity index (χ4n) is 5.23. The number of benzene rings is 4. The molecule has 4 aromatic rings. The van der Waals surface area contributed by atoms with Crippen LogP contribution in [0.5, 0.6) is 11.5 Å². The second kappa shape index (κ2) is 16.4. The maximum absolute atomic E-state index is 13.2. The van der Waals surface area contributed by atoms with Crippen molar-refractivity contribution in [3.63, 3.8) is 0 Å². The predicted octanol–water partition coefficient (Wildman–Crippen LogP) is 6.24. The molecule has 0 fully saturated rings. The Morgan fingerprint density at radius 2 is 1.16 bits per heavy atom. The number of carbonyl (C=O) groups excluding carboxylic acids is 4. The number of nitrogens with zero attached hydrogens (tertiary/aromatic N) is 2. The van der Waals surface area contributed by atoms with E-state index in [0.29, 0.717) is 17.1 Å². The summed E-state index contributed by atoms with van der Waals surface area (Å²) in [6, 6.07) is 23.2. The van der Waals surface area contributed by atoms with Crippen LogP contribution in [-0.4, -0.2) is 47.1 Å². The van der Waals surface area contributed by atoms with Crippen molar-refractivity contribution in [3.8, 4) is 11.5 Å². The minimum atomic E-state index is -0.413. The van der Waals surface area contributed by atoms with E-state index in [0.717, 1.165) is 37.6 Å². The zero-order valence-electron chi connectivity index (χ0n) is 27.4. The van der Waals surface area contributed by atoms with E-state index in [1.165, 1.54) is 50.7 Å². The van der Waals surface area contributed by atoms with Gasteiger partial charge in [0.15, 0.2) is 0 Å². The third-order valence-electron chi connectivity index (χ3n) is 7.72. The Kier molecular flexibility index (Phi) is 11.6. The molecule has 0 aliphatic carbocycles. The van der Waals surface area contributed by atoms with Crippen LogP contribution < -0.4 is 9.47 Å². The number of imide groups is 2. The molecule has 0 aromatic heterocycles. The molecule has 9 nitrogen and oxygen atoms in total. The number of fused-ring (bicyclic) bond motifs is 2. The third kappa shape index (κ3) is 9.36. The van der Waals surface area contributed by atoms with E-state index in [1.807, 2.05) is 12.1 Å². The predicted molar refractivity (Wildman–Crippen MR) is 181 cm³/mol. The Labute approximate surface area is 288 Å². The van der Waals surface area contributed by atoms with Gasteiger partial charge in [0.1, 0.15) is 43.0 Å². The lowest BCUT2D eigenvalue weighted by Gasteiger charge is -2.14. The standard InChI is InChI=1S/C20H18FNO4.C19H16FNO3/c1-25-13-20(24)22-8-7-15-5-6-18(10-16(15)11-19(22)23)26-12-14-3-2-4-17(21)9-14;1-13(22)21-8-7-15-5-6-18(10-16(15)11-19(21)23)24-12-14-3-2-4-17(20)9-14/h2-10H,11-13H2,1H3;2-10H,11-12H2,1H3. The van der Waals surface area contributed by atoms with Crippen LogP contribution in [0, 0.1) is 11.6 Å². The van der Waals surface area contributed by atoms with Crippen LogP contribution in [0.15, 0.2) is 97.3 Å². The topological polar surface area (TPSA) is 102 Å². The number of amides is 4. The highest BCUT2D eigenvalue weighted by Crippen LogP contribution is 2.25. The molecule has 0 spiro atoms. The zero-order chi connectivity index (χ0) is 35.6. The largest absolute Gasteiger partial charge is 0.489 e. The monoisotopic (exact) mass is 680 g/mol. The number of halogens is 2. The van der Waals surface area contributed by atoms with Crippen molar-refractivity contribution in [1.82, 2.24) is 9.80 Å². The highest BCUT2D eigenvalue weighted by molar-refractivity contribution is 6.00. The number of rotatable bonds is 8. The normalized spacial score (nSPS) is 13.4. The first kappa shape index (κ1) is 35.4. The van der Waals surface area contributed by atoms with Gasteiger partial charge >= 0.3 is 0 Å². The fourth-order valence-corrected chi connectivity index (χ4v) is 5.23. The van der Waals surface area contributed by atoms with Crippen LogP contribution in [0.2, 0.25) is 0 Å². The molecule has 0 unspecified atom stereocenters. The molecule has 4 aromatic carbocycles. The van der Waals surface area contributed by atoms with Crippen LogP contribution in [0.1, 0.15) is 40.3 Å². The maximum Gasteiger partial charge on any atom is 0.259 e. The number of carbonyl (C=O) groups is 4. The molecule has 0 saturated heterocycles. The van der Waals surface area contributed by atoms with Gasteiger partial charge in [-0.15, -0.1) is 0 Å². The van der Waals surface area contributed by atoms with Crippen molar-refractivity contribution in [2.45, 2.75) is 33.0 Å². The van der Waals surface area contributed by atoms with E-state index >= 15 is 0 Å². The molecule has 6 rings (SSSR count). The second-order valence-corrected chi connectivity index (χ2v) is 11.4. The summed E-state index contributed by atoms with van der Waals surface area (Å²) in [5.41, 5.74) is 4.69. The van der Waals surface area contributed by atoms with E-state index < -0.39 is 5.91 Å². The van der Waals surface area contributed by atoms with Crippen LogP contribution in [0.4, 0.5) is 8.78 Å². The van der Waals surface area contributed by atoms with Gasteiger partial charge in [0, 0.05) is 26.4 Å². The number of hydrogen-bond donors (Lipinski definition) is 0. The van der Waals surface area contributed by atoms with Gasteiger partial charge in [-0.2, -0.15) is 0 Å². The minimum Gasteiger partial charge on any atom is -0.489 e. The molecule has 2 aliphatic heterocycles. The summed E-state index contributed by atoms with van der Waals surface area (Å²) in [5.74, 6) is -0.788. The van der Waals surface area contributed by atoms with Gasteiger partial charge in [0.2, 0.25) is 17.7 Å². The zero-order valence-corrected chi connectivity index (χ0v) is 27.4. The quantitative estimate of drug-likeness (QED) is 0.217. The van der Waals surface area contributed by atoms with Crippen molar-refractivity contribution >= 4 is 35.8 Å². The molecule has 256 valence electrons. The van der Waals surface area contributed by atoms with E-state index in [1.54, 1.807) is 60.7 Å². The summed E-state index contributed by atoms with van der Waals surface area (Å²) in [6.45, 7) is 1.65. The van der Waals surface area contributed by atoms with Gasteiger partial charge in [0.05, 0.1) is 12.8 Å². The first-order valence-electron chi connectivity index (χ1n) is 15.6. The van der Waals surface area contributed by atoms with Crippen molar-refractivity contribution < 1.29 is 42.2 Å². The SMILES string of the molecule is CC(=O)N1C=Cc2ccc(OCc3cccc(F)c3)cc2CC1=O.COCC(=O)N1C=Cc2ccc(OCc3cccc(F)c3)cc2CC1=O. The molecule has 0 saturated carbocycles. The first-order chi connectivity index (χ1) is 24.1. The van der Waals surface area contributed by atoms with Gasteiger partial charge in [-0.25, -0.2) is 8.78 Å². The summed E-state index contributed by atoms with van der Waals surface area (Å²) in [7, 11) is 1.40. The summed E-state index contributed by atoms with van der Waals surface area (Å²) in [4.78, 5) is 50.0. The number of ether oxygens (including phenoxy) is 3. The molecule has 0 N–H and O–H groups in total. The van der Waals surface area contributed by atoms with Crippen LogP contribution >= 0.6 is 0 Å². The van der Waals surface area contributed by atoms with Gasteiger partial charge < -0.3 is 14.2 Å². The molecule has 2 aliphatic rings. The maximum atomic E-state index is 13.2. The van der Waals surface area contributed by atoms with E-state index in [4.69, 9.17) is 14.2 Å². The van der Waals surface area contributed by atoms with Gasteiger partial charge in [-0.05, 0) is 94.1 Å². The molecule has 50 heavy (non-hydrogen) atoms. The number of methoxy groups -OCH3 is 1. The van der Waals surface area contributed by atoms with Crippen LogP contribution in [0.3, 0.4) is 0 Å². The Morgan fingerprint density at radius 1 is 0.680 bits per heavy atom. The van der Waals surface area contributed by atoms with E-state index in [2.05, 4.69) is 0 Å². The molecule has 0 bridgehead atoms. The Balaban J connectivity index is 0.000000195. The summed E-state index contributed by atoms with van der Waals surface area (Å²) in [6.07, 6.45) is 6.60. The summed E-state index contributed by atoms with van der Waals surface area (Å²) >= 11 is 0. The highest BCUT2D eigenvalue weighted by Gasteiger charge is 2.23. The number of hydrogen-bond acceptors (Lipinski definition) is 7. The lowest BCUT2D eigenvalue weighted by atomic mass is 10.0. The fraction of sp³-hybridized carbons (Fsp3) is 0.179. The summed E-state index contributed by atoms with van der Waals surface area (Å²) in [5, 5.41) is 0. The molecule has 0 atom stereocenters. The van der Waals surface area contributed by atoms with Gasteiger partial charge in [-0.3, -0.25) is 29.0 Å². The Hall–Kier alpha value is -5.94. The molecule has 2 heterocycles. The minimum absolute atomic E-state index is 0.0783. The van der Waals surface area contributed by atoms with Crippen molar-refractivity contribution in [3.05, 3.63) is 142 Å². The smallest absolute Gasteiger partial charge is 0.259 e. The second-order valence-electron chi connectivity index (χ2n) is 11.4. The van der Waals surface area contributed by atoms with Crippen LogP contribution in [-0.2, 0) is 50.0 Å². The average molecular weight is 681 g/mol. The third-order valence-corrected chi connectivity index (χ3v) is 7.72. The molecule has 0 radical (unpaired) electrons. The van der Waals surface area contributed by atoms with Crippen molar-refractivity contribution in [1.29, 1.82) is 0 Å². The van der Waals surface area contributed by atoms with Crippen LogP contribution in [0.25, 0.3) is 12.2 Å². The van der Waals surface area contributed by atoms with Crippen molar-refractivity contribution in [2.24, 2.45) is 0 Å². The first-order valence-corrected chi connectivity index (χ1v) is 15.6. The van der Waals surface area contributed by atoms with Gasteiger partial charge in [0.25, 0.3) is 5.91 Å². The Morgan fingerprint density at radius 3 is 1.62 bits per heavy atom. The van der Waals surface area contributed by atoms with E-state index in [-0.39, 0.29) is 62.0 Å². The molecule has 4 amide bonds. The highest BCUT2D eigenvalue weighted by atomic mass is 19.1. The van der Waals surface area contributed by atoms with Crippen molar-refractivity contribution in [2.75, 3.05) is 13.7 Å². The average Bonchev–Trinajstić information content (AvgIpc) is 3.36. The lowest BCUT2D eigenvalue weighted by molar-refractivity contribution is -0.143. The molecular formula is C39H34F2N2O7. The molecule has 11 heteroatoms. The van der Waals surface area contributed by atoms with E-state index in [9.17, 15) is 28.0 Å². The van der Waals surface area contributed by atoms with Gasteiger partial charge in [-0.1, -0.05) is 36.4 Å². The lowest BCUT2D eigenvalue weighted by Crippen LogP contribution is -2.35.